The molecule has 0 amide bonds. The molecule has 1 aromatic heterocycles. The normalized spacial score (nSPS) is 24.3. The van der Waals surface area contributed by atoms with Gasteiger partial charge in [-0.2, -0.15) is 0 Å². The molecule has 5 N–H and O–H groups in total. The maximum atomic E-state index is 11.1. The van der Waals surface area contributed by atoms with Crippen molar-refractivity contribution >= 4 is 11.6 Å². The Hall–Kier alpha value is -2.96. The lowest BCUT2D eigenvalue weighted by molar-refractivity contribution is -0.231. The van der Waals surface area contributed by atoms with Gasteiger partial charge in [0.15, 0.2) is 0 Å². The van der Waals surface area contributed by atoms with Gasteiger partial charge < -0.3 is 30.1 Å². The van der Waals surface area contributed by atoms with E-state index in [1.807, 2.05) is 24.3 Å². The Balaban J connectivity index is 1.51. The number of halogens is 1. The molecule has 5 atom stereocenters. The molecule has 0 aliphatic carbocycles. The van der Waals surface area contributed by atoms with Gasteiger partial charge >= 0.3 is 0 Å². The number of hydrogen-bond donors (Lipinski definition) is 5. The summed E-state index contributed by atoms with van der Waals surface area (Å²) in [6.07, 6.45) is -4.03. The Morgan fingerprint density at radius 3 is 2.29 bits per heavy atom. The number of nitrogens with one attached hydrogen (secondary N) is 1. The van der Waals surface area contributed by atoms with Crippen molar-refractivity contribution in [3.05, 3.63) is 104 Å². The molecule has 1 unspecified atom stereocenters. The van der Waals surface area contributed by atoms with E-state index < -0.39 is 37.1 Å². The zero-order chi connectivity index (χ0) is 24.2. The molecular weight excluding hydrogens is 458 g/mol. The van der Waals surface area contributed by atoms with Crippen LogP contribution >= 0.6 is 11.6 Å². The quantitative estimate of drug-likeness (QED) is 0.360. The molecule has 1 aliphatic heterocycles. The van der Waals surface area contributed by atoms with Gasteiger partial charge in [0.05, 0.1) is 6.61 Å². The summed E-state index contributed by atoms with van der Waals surface area (Å²) in [5, 5.41) is 40.5. The van der Waals surface area contributed by atoms with E-state index in [0.717, 1.165) is 16.7 Å². The highest BCUT2D eigenvalue weighted by atomic mass is 35.5. The Labute approximate surface area is 201 Å². The minimum absolute atomic E-state index is 0.177. The summed E-state index contributed by atoms with van der Waals surface area (Å²) >= 11 is 6.41. The smallest absolute Gasteiger partial charge is 0.247 e. The fourth-order valence-electron chi connectivity index (χ4n) is 3.84. The van der Waals surface area contributed by atoms with Crippen LogP contribution in [0.15, 0.2) is 65.6 Å². The van der Waals surface area contributed by atoms with Crippen LogP contribution in [0, 0.1) is 11.8 Å². The van der Waals surface area contributed by atoms with Crippen LogP contribution in [0.3, 0.4) is 0 Å². The molecule has 1 aliphatic rings. The monoisotopic (exact) mass is 481 g/mol. The summed E-state index contributed by atoms with van der Waals surface area (Å²) in [7, 11) is 0. The fourth-order valence-corrected chi connectivity index (χ4v) is 4.03. The lowest BCUT2D eigenvalue weighted by Gasteiger charge is -2.40. The van der Waals surface area contributed by atoms with Crippen molar-refractivity contribution in [2.24, 2.45) is 0 Å². The first-order valence-electron chi connectivity index (χ1n) is 10.7. The van der Waals surface area contributed by atoms with Crippen molar-refractivity contribution in [1.29, 1.82) is 0 Å². The molecule has 3 aromatic rings. The van der Waals surface area contributed by atoms with Gasteiger partial charge in [0.1, 0.15) is 30.5 Å². The standard InChI is InChI=1S/C26H24ClNO6/c27-20-9-8-18(26-25(33)24(32)23(31)21(14-29)34-26)12-19(20)11-16-4-1-15(2-5-16)3-6-17-7-10-22(30)28-13-17/h1-2,4-5,7-10,12-13,21,23-26,29,31-33H,11,14H2,(H,28,30)/t21-,23-,24?,25-,26+/m1/s1. The maximum Gasteiger partial charge on any atom is 0.247 e. The number of pyridine rings is 1. The third-order valence-electron chi connectivity index (χ3n) is 5.77. The van der Waals surface area contributed by atoms with Crippen molar-refractivity contribution in [1.82, 2.24) is 4.98 Å². The van der Waals surface area contributed by atoms with E-state index in [-0.39, 0.29) is 5.56 Å². The number of hydrogen-bond acceptors (Lipinski definition) is 6. The molecule has 34 heavy (non-hydrogen) atoms. The zero-order valence-electron chi connectivity index (χ0n) is 18.1. The molecular formula is C26H24ClNO6. The van der Waals surface area contributed by atoms with E-state index >= 15 is 0 Å². The lowest BCUT2D eigenvalue weighted by Crippen LogP contribution is -2.55. The molecule has 0 bridgehead atoms. The van der Waals surface area contributed by atoms with Crippen LogP contribution < -0.4 is 5.56 Å². The van der Waals surface area contributed by atoms with Crippen LogP contribution in [-0.4, -0.2) is 56.4 Å². The highest BCUT2D eigenvalue weighted by Crippen LogP contribution is 2.34. The van der Waals surface area contributed by atoms with Gasteiger partial charge in [-0.15, -0.1) is 0 Å². The predicted octanol–water partition coefficient (Wildman–Crippen LogP) is 1.53. The molecule has 176 valence electrons. The van der Waals surface area contributed by atoms with Gasteiger partial charge in [-0.1, -0.05) is 47.7 Å². The molecule has 1 saturated heterocycles. The summed E-state index contributed by atoms with van der Waals surface area (Å²) in [6.45, 7) is -0.487. The molecule has 4 rings (SSSR count). The van der Waals surface area contributed by atoms with Gasteiger partial charge in [0.25, 0.3) is 0 Å². The fraction of sp³-hybridized carbons (Fsp3) is 0.269. The maximum absolute atomic E-state index is 11.1. The minimum atomic E-state index is -1.44. The van der Waals surface area contributed by atoms with Crippen molar-refractivity contribution < 1.29 is 25.2 Å². The molecule has 8 heteroatoms. The number of H-pyrrole nitrogens is 1. The van der Waals surface area contributed by atoms with E-state index in [2.05, 4.69) is 16.8 Å². The number of rotatable bonds is 4. The molecule has 2 heterocycles. The first-order chi connectivity index (χ1) is 16.4. The van der Waals surface area contributed by atoms with Gasteiger partial charge in [0.2, 0.25) is 5.56 Å². The Morgan fingerprint density at radius 2 is 1.62 bits per heavy atom. The third-order valence-corrected chi connectivity index (χ3v) is 6.14. The average molecular weight is 482 g/mol. The van der Waals surface area contributed by atoms with Crippen molar-refractivity contribution in [2.45, 2.75) is 36.9 Å². The van der Waals surface area contributed by atoms with Crippen LogP contribution in [0.4, 0.5) is 0 Å². The SMILES string of the molecule is O=c1ccc(C#Cc2ccc(Cc3cc([C@@H]4O[C@H](CO)[C@@H](O)C(O)[C@H]4O)ccc3Cl)cc2)c[nH]1. The first-order valence-corrected chi connectivity index (χ1v) is 11.1. The summed E-state index contributed by atoms with van der Waals surface area (Å²) in [5.41, 5.74) is 3.71. The van der Waals surface area contributed by atoms with E-state index in [1.165, 1.54) is 6.07 Å². The summed E-state index contributed by atoms with van der Waals surface area (Å²) in [5.74, 6) is 6.04. The first kappa shape index (κ1) is 24.2. The Morgan fingerprint density at radius 1 is 0.912 bits per heavy atom. The van der Waals surface area contributed by atoms with Gasteiger partial charge in [0, 0.05) is 28.4 Å². The lowest BCUT2D eigenvalue weighted by atomic mass is 9.90. The Kier molecular flexibility index (Phi) is 7.49. The van der Waals surface area contributed by atoms with E-state index in [1.54, 1.807) is 30.5 Å². The second-order valence-electron chi connectivity index (χ2n) is 8.17. The number of aliphatic hydroxyl groups excluding tert-OH is 4. The molecule has 7 nitrogen and oxygen atoms in total. The molecule has 0 spiro atoms. The highest BCUT2D eigenvalue weighted by Gasteiger charge is 2.44. The Bertz CT molecular complexity index is 1240. The van der Waals surface area contributed by atoms with Crippen LogP contribution in [0.5, 0.6) is 0 Å². The second kappa shape index (κ2) is 10.5. The summed E-state index contributed by atoms with van der Waals surface area (Å²) < 4.78 is 5.66. The van der Waals surface area contributed by atoms with Crippen LogP contribution in [-0.2, 0) is 11.2 Å². The van der Waals surface area contributed by atoms with Crippen molar-refractivity contribution in [2.75, 3.05) is 6.61 Å². The predicted molar refractivity (Wildman–Crippen MR) is 126 cm³/mol. The largest absolute Gasteiger partial charge is 0.394 e. The summed E-state index contributed by atoms with van der Waals surface area (Å²) in [6, 6.07) is 15.9. The third kappa shape index (κ3) is 5.40. The van der Waals surface area contributed by atoms with Gasteiger partial charge in [-0.05, 0) is 47.4 Å². The van der Waals surface area contributed by atoms with Gasteiger partial charge in [-0.25, -0.2) is 0 Å². The number of aromatic amines is 1. The topological polar surface area (TPSA) is 123 Å². The second-order valence-corrected chi connectivity index (χ2v) is 8.57. The van der Waals surface area contributed by atoms with E-state index in [4.69, 9.17) is 16.3 Å². The van der Waals surface area contributed by atoms with Crippen LogP contribution in [0.1, 0.15) is 33.9 Å². The minimum Gasteiger partial charge on any atom is -0.394 e. The van der Waals surface area contributed by atoms with E-state index in [9.17, 15) is 25.2 Å². The number of benzene rings is 2. The highest BCUT2D eigenvalue weighted by molar-refractivity contribution is 6.31. The molecule has 1 fully saturated rings. The zero-order valence-corrected chi connectivity index (χ0v) is 18.8. The van der Waals surface area contributed by atoms with Crippen LogP contribution in [0.25, 0.3) is 0 Å². The summed E-state index contributed by atoms with van der Waals surface area (Å²) in [4.78, 5) is 13.7. The van der Waals surface area contributed by atoms with Gasteiger partial charge in [-0.3, -0.25) is 4.79 Å². The van der Waals surface area contributed by atoms with Crippen LogP contribution in [0.2, 0.25) is 5.02 Å². The molecule has 0 saturated carbocycles. The average Bonchev–Trinajstić information content (AvgIpc) is 2.85. The van der Waals surface area contributed by atoms with Crippen molar-refractivity contribution in [3.63, 3.8) is 0 Å². The molecule has 2 aromatic carbocycles. The molecule has 0 radical (unpaired) electrons. The number of aliphatic hydroxyl groups is 4. The number of aromatic nitrogens is 1. The van der Waals surface area contributed by atoms with E-state index in [0.29, 0.717) is 22.6 Å². The van der Waals surface area contributed by atoms with Crippen molar-refractivity contribution in [3.8, 4) is 11.8 Å². The number of ether oxygens (including phenoxy) is 1.